The van der Waals surface area contributed by atoms with Crippen molar-refractivity contribution in [1.29, 1.82) is 0 Å². The van der Waals surface area contributed by atoms with E-state index in [4.69, 9.17) is 14.2 Å². The number of Topliss-reactive ketones (excluding diaryl/α,β-unsaturated/α-hetero) is 1. The molecule has 0 saturated carbocycles. The normalized spacial score (nSPS) is 20.4. The molecule has 0 radical (unpaired) electrons. The number of methoxy groups -OCH3 is 2. The molecule has 4 atom stereocenters. The highest BCUT2D eigenvalue weighted by molar-refractivity contribution is 5.98. The van der Waals surface area contributed by atoms with E-state index in [1.165, 1.54) is 14.2 Å². The average molecular weight is 436 g/mol. The first kappa shape index (κ1) is 24.9. The van der Waals surface area contributed by atoms with Crippen molar-refractivity contribution in [3.05, 3.63) is 35.9 Å². The second kappa shape index (κ2) is 11.9. The van der Waals surface area contributed by atoms with Gasteiger partial charge in [-0.25, -0.2) is 0 Å². The molecule has 1 fully saturated rings. The molecule has 1 aliphatic rings. The van der Waals surface area contributed by atoms with Crippen LogP contribution in [0.4, 0.5) is 0 Å². The molecule has 0 bridgehead atoms. The Balaban J connectivity index is 2.11. The Labute approximate surface area is 183 Å². The maximum Gasteiger partial charge on any atom is 0.245 e. The Hall–Kier alpha value is -2.33. The Morgan fingerprint density at radius 2 is 1.55 bits per heavy atom. The lowest BCUT2D eigenvalue weighted by atomic mass is 9.94. The molecule has 9 nitrogen and oxygen atoms in total. The van der Waals surface area contributed by atoms with Gasteiger partial charge in [-0.05, 0) is 25.5 Å². The second-order valence-electron chi connectivity index (χ2n) is 7.72. The summed E-state index contributed by atoms with van der Waals surface area (Å²) in [5.74, 6) is -1.08. The van der Waals surface area contributed by atoms with E-state index >= 15 is 0 Å². The molecular formula is C22H33N3O6. The Bertz CT molecular complexity index is 732. The monoisotopic (exact) mass is 435 g/mol. The van der Waals surface area contributed by atoms with Crippen LogP contribution in [0.2, 0.25) is 0 Å². The average Bonchev–Trinajstić information content (AvgIpc) is 3.51. The number of likely N-dealkylation sites (N-methyl/N-ethyl adjacent to an activating group) is 1. The lowest BCUT2D eigenvalue weighted by Crippen LogP contribution is -2.58. The fraction of sp³-hybridized carbons (Fsp3) is 0.591. The van der Waals surface area contributed by atoms with Gasteiger partial charge in [0, 0.05) is 14.2 Å². The van der Waals surface area contributed by atoms with Gasteiger partial charge in [-0.2, -0.15) is 0 Å². The minimum atomic E-state index is -0.963. The zero-order valence-electron chi connectivity index (χ0n) is 18.6. The Kier molecular flexibility index (Phi) is 9.57. The molecule has 2 rings (SSSR count). The van der Waals surface area contributed by atoms with Gasteiger partial charge in [-0.3, -0.25) is 14.4 Å². The highest BCUT2D eigenvalue weighted by Crippen LogP contribution is 2.29. The lowest BCUT2D eigenvalue weighted by Gasteiger charge is -2.25. The van der Waals surface area contributed by atoms with E-state index in [2.05, 4.69) is 16.0 Å². The summed E-state index contributed by atoms with van der Waals surface area (Å²) in [4.78, 5) is 38.6. The number of carbonyl (C=O) groups excluding carboxylic acids is 3. The van der Waals surface area contributed by atoms with Gasteiger partial charge in [0.05, 0.1) is 25.9 Å². The van der Waals surface area contributed by atoms with Crippen molar-refractivity contribution in [3.63, 3.8) is 0 Å². The smallest absolute Gasteiger partial charge is 0.245 e. The van der Waals surface area contributed by atoms with E-state index < -0.39 is 29.6 Å². The van der Waals surface area contributed by atoms with Crippen LogP contribution in [0.1, 0.15) is 19.4 Å². The van der Waals surface area contributed by atoms with Crippen LogP contribution in [-0.4, -0.2) is 81.9 Å². The third kappa shape index (κ3) is 7.39. The maximum absolute atomic E-state index is 13.0. The highest BCUT2D eigenvalue weighted by atomic mass is 16.6. The molecule has 0 aromatic heterocycles. The SMILES string of the molecule is CCNC(COC)C(=O)NC(COC)C(=O)NC(Cc1ccccc1)C(=O)C1(C)CO1. The molecule has 1 heterocycles. The summed E-state index contributed by atoms with van der Waals surface area (Å²) in [6.07, 6.45) is 0.321. The van der Waals surface area contributed by atoms with E-state index in [1.54, 1.807) is 6.92 Å². The number of nitrogens with one attached hydrogen (secondary N) is 3. The molecule has 1 aromatic carbocycles. The molecule has 0 aliphatic carbocycles. The molecule has 0 spiro atoms. The summed E-state index contributed by atoms with van der Waals surface area (Å²) in [6.45, 7) is 4.59. The molecule has 4 unspecified atom stereocenters. The predicted octanol–water partition coefficient (Wildman–Crippen LogP) is -0.172. The van der Waals surface area contributed by atoms with E-state index in [-0.39, 0.29) is 24.9 Å². The first-order chi connectivity index (χ1) is 14.8. The van der Waals surface area contributed by atoms with Gasteiger partial charge in [0.2, 0.25) is 11.8 Å². The van der Waals surface area contributed by atoms with Crippen molar-refractivity contribution in [2.24, 2.45) is 0 Å². The molecule has 31 heavy (non-hydrogen) atoms. The topological polar surface area (TPSA) is 118 Å². The van der Waals surface area contributed by atoms with Crippen LogP contribution in [0.3, 0.4) is 0 Å². The number of epoxide rings is 1. The summed E-state index contributed by atoms with van der Waals surface area (Å²) in [7, 11) is 2.94. The molecule has 2 amide bonds. The van der Waals surface area contributed by atoms with Gasteiger partial charge in [0.25, 0.3) is 0 Å². The first-order valence-electron chi connectivity index (χ1n) is 10.4. The zero-order valence-corrected chi connectivity index (χ0v) is 18.6. The molecular weight excluding hydrogens is 402 g/mol. The minimum absolute atomic E-state index is 0.0383. The number of hydrogen-bond acceptors (Lipinski definition) is 7. The van der Waals surface area contributed by atoms with Crippen LogP contribution < -0.4 is 16.0 Å². The minimum Gasteiger partial charge on any atom is -0.383 e. The van der Waals surface area contributed by atoms with Gasteiger partial charge >= 0.3 is 0 Å². The van der Waals surface area contributed by atoms with Gasteiger partial charge in [-0.1, -0.05) is 37.3 Å². The number of hydrogen-bond donors (Lipinski definition) is 3. The Morgan fingerprint density at radius 3 is 2.10 bits per heavy atom. The van der Waals surface area contributed by atoms with Gasteiger partial charge in [-0.15, -0.1) is 0 Å². The summed E-state index contributed by atoms with van der Waals surface area (Å²) < 4.78 is 15.5. The van der Waals surface area contributed by atoms with E-state index in [0.717, 1.165) is 5.56 Å². The Morgan fingerprint density at radius 1 is 1.00 bits per heavy atom. The number of benzene rings is 1. The first-order valence-corrected chi connectivity index (χ1v) is 10.4. The molecule has 1 aliphatic heterocycles. The van der Waals surface area contributed by atoms with Crippen molar-refractivity contribution >= 4 is 17.6 Å². The van der Waals surface area contributed by atoms with Crippen molar-refractivity contribution in [3.8, 4) is 0 Å². The van der Waals surface area contributed by atoms with Crippen LogP contribution in [0.25, 0.3) is 0 Å². The summed E-state index contributed by atoms with van der Waals surface area (Å²) in [5, 5.41) is 8.49. The van der Waals surface area contributed by atoms with E-state index in [9.17, 15) is 14.4 Å². The van der Waals surface area contributed by atoms with E-state index in [0.29, 0.717) is 19.6 Å². The van der Waals surface area contributed by atoms with Crippen molar-refractivity contribution < 1.29 is 28.6 Å². The van der Waals surface area contributed by atoms with Crippen molar-refractivity contribution in [2.75, 3.05) is 40.6 Å². The number of ether oxygens (including phenoxy) is 3. The number of amides is 2. The third-order valence-electron chi connectivity index (χ3n) is 5.08. The quantitative estimate of drug-likeness (QED) is 0.347. The highest BCUT2D eigenvalue weighted by Gasteiger charge is 2.50. The molecule has 9 heteroatoms. The van der Waals surface area contributed by atoms with Crippen LogP contribution in [0, 0.1) is 0 Å². The largest absolute Gasteiger partial charge is 0.383 e. The van der Waals surface area contributed by atoms with Gasteiger partial charge in [0.1, 0.15) is 17.7 Å². The third-order valence-corrected chi connectivity index (χ3v) is 5.08. The summed E-state index contributed by atoms with van der Waals surface area (Å²) in [6, 6.07) is 7.05. The van der Waals surface area contributed by atoms with Crippen molar-refractivity contribution in [2.45, 2.75) is 44.0 Å². The number of carbonyl (C=O) groups is 3. The van der Waals surface area contributed by atoms with Gasteiger partial charge in [0.15, 0.2) is 5.78 Å². The molecule has 3 N–H and O–H groups in total. The van der Waals surface area contributed by atoms with Crippen LogP contribution in [-0.2, 0) is 35.0 Å². The second-order valence-corrected chi connectivity index (χ2v) is 7.72. The van der Waals surface area contributed by atoms with Crippen LogP contribution in [0.5, 0.6) is 0 Å². The predicted molar refractivity (Wildman–Crippen MR) is 115 cm³/mol. The van der Waals surface area contributed by atoms with Crippen LogP contribution in [0.15, 0.2) is 30.3 Å². The van der Waals surface area contributed by atoms with Crippen LogP contribution >= 0.6 is 0 Å². The van der Waals surface area contributed by atoms with Crippen molar-refractivity contribution in [1.82, 2.24) is 16.0 Å². The number of ketones is 1. The lowest BCUT2D eigenvalue weighted by molar-refractivity contribution is -0.134. The fourth-order valence-corrected chi connectivity index (χ4v) is 3.21. The molecule has 172 valence electrons. The standard InChI is InChI=1S/C22H33N3O6/c1-5-23-17(12-29-3)20(27)25-18(13-30-4)21(28)24-16(19(26)22(2)14-31-22)11-15-9-7-6-8-10-15/h6-10,16-18,23H,5,11-14H2,1-4H3,(H,24,28)(H,25,27). The summed E-state index contributed by atoms with van der Waals surface area (Å²) >= 11 is 0. The fourth-order valence-electron chi connectivity index (χ4n) is 3.21. The van der Waals surface area contributed by atoms with Gasteiger partial charge < -0.3 is 30.2 Å². The molecule has 1 aromatic rings. The van der Waals surface area contributed by atoms with E-state index in [1.807, 2.05) is 37.3 Å². The summed E-state index contributed by atoms with van der Waals surface area (Å²) in [5.41, 5.74) is 0.0199. The maximum atomic E-state index is 13.0. The molecule has 1 saturated heterocycles. The number of rotatable bonds is 14. The zero-order chi connectivity index (χ0) is 22.9.